The molecule has 0 aliphatic rings. The summed E-state index contributed by atoms with van der Waals surface area (Å²) >= 11 is 0. The Morgan fingerprint density at radius 1 is 1.00 bits per heavy atom. The third-order valence-corrected chi connectivity index (χ3v) is 2.76. The second-order valence-electron chi connectivity index (χ2n) is 4.18. The fraction of sp³-hybridized carbons (Fsp3) is 0.200. The largest absolute Gasteiger partial charge is 0.387 e. The average Bonchev–Trinajstić information content (AvgIpc) is 2.42. The third-order valence-electron chi connectivity index (χ3n) is 2.76. The summed E-state index contributed by atoms with van der Waals surface area (Å²) < 4.78 is 12.7. The second kappa shape index (κ2) is 7.89. The molecule has 2 aromatic rings. The minimum Gasteiger partial charge on any atom is -0.387 e. The van der Waals surface area contributed by atoms with Crippen molar-refractivity contribution in [3.8, 4) is 0 Å². The smallest absolute Gasteiger partial charge is 0.123 e. The zero-order chi connectivity index (χ0) is 12.8. The molecule has 0 aromatic heterocycles. The molecule has 2 nitrogen and oxygen atoms in total. The maximum atomic E-state index is 12.7. The van der Waals surface area contributed by atoms with Crippen molar-refractivity contribution < 1.29 is 9.50 Å². The molecule has 2 N–H and O–H groups in total. The van der Waals surface area contributed by atoms with Gasteiger partial charge in [0.15, 0.2) is 0 Å². The topological polar surface area (TPSA) is 32.3 Å². The van der Waals surface area contributed by atoms with E-state index in [9.17, 15) is 9.50 Å². The van der Waals surface area contributed by atoms with Gasteiger partial charge in [0, 0.05) is 13.1 Å². The van der Waals surface area contributed by atoms with Crippen LogP contribution in [0.15, 0.2) is 54.6 Å². The molecule has 0 aliphatic carbocycles. The van der Waals surface area contributed by atoms with Crippen LogP contribution in [0.4, 0.5) is 4.39 Å². The molecule has 2 aromatic carbocycles. The highest BCUT2D eigenvalue weighted by Gasteiger charge is 2.05. The number of rotatable bonds is 5. The van der Waals surface area contributed by atoms with Gasteiger partial charge in [-0.3, -0.25) is 0 Å². The van der Waals surface area contributed by atoms with Crippen LogP contribution in [0.5, 0.6) is 0 Å². The molecule has 2 rings (SSSR count). The summed E-state index contributed by atoms with van der Waals surface area (Å²) in [6, 6.07) is 15.8. The lowest BCUT2D eigenvalue weighted by molar-refractivity contribution is 0.174. The molecule has 0 amide bonds. The van der Waals surface area contributed by atoms with Gasteiger partial charge in [0.05, 0.1) is 6.10 Å². The molecule has 0 saturated heterocycles. The molecule has 0 saturated carbocycles. The summed E-state index contributed by atoms with van der Waals surface area (Å²) in [5, 5.41) is 13.1. The van der Waals surface area contributed by atoms with Crippen molar-refractivity contribution in [2.45, 2.75) is 12.6 Å². The molecule has 0 bridgehead atoms. The number of hydrogen-bond acceptors (Lipinski definition) is 2. The number of nitrogens with one attached hydrogen (secondary N) is 1. The molecule has 1 unspecified atom stereocenters. The zero-order valence-corrected chi connectivity index (χ0v) is 11.2. The number of hydrogen-bond donors (Lipinski definition) is 2. The highest BCUT2D eigenvalue weighted by atomic mass is 35.5. The summed E-state index contributed by atoms with van der Waals surface area (Å²) in [6.07, 6.45) is -0.522. The van der Waals surface area contributed by atoms with Crippen LogP contribution < -0.4 is 5.32 Å². The maximum absolute atomic E-state index is 12.7. The van der Waals surface area contributed by atoms with Crippen molar-refractivity contribution in [1.29, 1.82) is 0 Å². The van der Waals surface area contributed by atoms with E-state index in [1.165, 1.54) is 12.1 Å². The lowest BCUT2D eigenvalue weighted by Gasteiger charge is -2.12. The third kappa shape index (κ3) is 4.99. The molecule has 0 fully saturated rings. The minimum absolute atomic E-state index is 0. The summed E-state index contributed by atoms with van der Waals surface area (Å²) in [5.74, 6) is -0.233. The Morgan fingerprint density at radius 2 is 1.63 bits per heavy atom. The van der Waals surface area contributed by atoms with Gasteiger partial charge in [-0.2, -0.15) is 0 Å². The Morgan fingerprint density at radius 3 is 2.26 bits per heavy atom. The van der Waals surface area contributed by atoms with Gasteiger partial charge < -0.3 is 10.4 Å². The van der Waals surface area contributed by atoms with Gasteiger partial charge in [0.25, 0.3) is 0 Å². The minimum atomic E-state index is -0.522. The van der Waals surface area contributed by atoms with Gasteiger partial charge in [0.1, 0.15) is 5.82 Å². The zero-order valence-electron chi connectivity index (χ0n) is 10.4. The highest BCUT2D eigenvalue weighted by Crippen LogP contribution is 2.11. The van der Waals surface area contributed by atoms with E-state index in [0.29, 0.717) is 13.1 Å². The predicted molar refractivity (Wildman–Crippen MR) is 76.8 cm³/mol. The second-order valence-corrected chi connectivity index (χ2v) is 4.18. The fourth-order valence-electron chi connectivity index (χ4n) is 1.75. The Bertz CT molecular complexity index is 475. The van der Waals surface area contributed by atoms with E-state index in [0.717, 1.165) is 11.1 Å². The number of aliphatic hydroxyl groups excluding tert-OH is 1. The molecule has 0 radical (unpaired) electrons. The van der Waals surface area contributed by atoms with E-state index in [4.69, 9.17) is 0 Å². The summed E-state index contributed by atoms with van der Waals surface area (Å²) in [5.41, 5.74) is 1.89. The summed E-state index contributed by atoms with van der Waals surface area (Å²) in [4.78, 5) is 0. The first-order valence-corrected chi connectivity index (χ1v) is 5.94. The standard InChI is InChI=1S/C15H16FNO.ClH/c16-14-8-6-12(7-9-14)10-17-11-15(18)13-4-2-1-3-5-13;/h1-9,15,17-18H,10-11H2;1H. The van der Waals surface area contributed by atoms with Gasteiger partial charge in [0.2, 0.25) is 0 Å². The van der Waals surface area contributed by atoms with Gasteiger partial charge in [-0.15, -0.1) is 12.4 Å². The van der Waals surface area contributed by atoms with Crippen molar-refractivity contribution in [3.05, 3.63) is 71.5 Å². The average molecular weight is 282 g/mol. The summed E-state index contributed by atoms with van der Waals surface area (Å²) in [6.45, 7) is 1.09. The van der Waals surface area contributed by atoms with Crippen molar-refractivity contribution in [1.82, 2.24) is 5.32 Å². The first-order valence-electron chi connectivity index (χ1n) is 5.94. The van der Waals surface area contributed by atoms with Gasteiger partial charge >= 0.3 is 0 Å². The lowest BCUT2D eigenvalue weighted by Crippen LogP contribution is -2.21. The number of aliphatic hydroxyl groups is 1. The van der Waals surface area contributed by atoms with Crippen LogP contribution in [0, 0.1) is 5.82 Å². The SMILES string of the molecule is Cl.OC(CNCc1ccc(F)cc1)c1ccccc1. The number of halogens is 2. The first kappa shape index (κ1) is 15.6. The van der Waals surface area contributed by atoms with Gasteiger partial charge in [-0.1, -0.05) is 42.5 Å². The van der Waals surface area contributed by atoms with Crippen LogP contribution >= 0.6 is 12.4 Å². The molecule has 0 aliphatic heterocycles. The number of benzene rings is 2. The van der Waals surface area contributed by atoms with Crippen molar-refractivity contribution in [2.24, 2.45) is 0 Å². The molecule has 0 heterocycles. The molecule has 0 spiro atoms. The van der Waals surface area contributed by atoms with Crippen LogP contribution in [-0.4, -0.2) is 11.7 Å². The van der Waals surface area contributed by atoms with E-state index in [1.54, 1.807) is 12.1 Å². The monoisotopic (exact) mass is 281 g/mol. The summed E-state index contributed by atoms with van der Waals surface area (Å²) in [7, 11) is 0. The highest BCUT2D eigenvalue weighted by molar-refractivity contribution is 5.85. The quantitative estimate of drug-likeness (QED) is 0.883. The normalized spacial score (nSPS) is 11.7. The predicted octanol–water partition coefficient (Wildman–Crippen LogP) is 3.07. The fourth-order valence-corrected chi connectivity index (χ4v) is 1.75. The molecular weight excluding hydrogens is 265 g/mol. The Labute approximate surface area is 118 Å². The van der Waals surface area contributed by atoms with Crippen LogP contribution in [0.2, 0.25) is 0 Å². The lowest BCUT2D eigenvalue weighted by atomic mass is 10.1. The molecule has 1 atom stereocenters. The van der Waals surface area contributed by atoms with Gasteiger partial charge in [-0.25, -0.2) is 4.39 Å². The van der Waals surface area contributed by atoms with E-state index in [2.05, 4.69) is 5.32 Å². The molecule has 19 heavy (non-hydrogen) atoms. The Hall–Kier alpha value is -1.42. The van der Waals surface area contributed by atoms with Crippen LogP contribution in [0.25, 0.3) is 0 Å². The van der Waals surface area contributed by atoms with Crippen LogP contribution in [0.1, 0.15) is 17.2 Å². The van der Waals surface area contributed by atoms with E-state index in [1.807, 2.05) is 30.3 Å². The molecular formula is C15H17ClFNO. The van der Waals surface area contributed by atoms with E-state index < -0.39 is 6.10 Å². The Balaban J connectivity index is 0.00000180. The van der Waals surface area contributed by atoms with Crippen molar-refractivity contribution >= 4 is 12.4 Å². The van der Waals surface area contributed by atoms with E-state index in [-0.39, 0.29) is 18.2 Å². The molecule has 102 valence electrons. The first-order chi connectivity index (χ1) is 8.75. The Kier molecular flexibility index (Phi) is 6.50. The maximum Gasteiger partial charge on any atom is 0.123 e. The van der Waals surface area contributed by atoms with Crippen LogP contribution in [-0.2, 0) is 6.54 Å². The molecule has 4 heteroatoms. The van der Waals surface area contributed by atoms with Gasteiger partial charge in [-0.05, 0) is 23.3 Å². The van der Waals surface area contributed by atoms with Crippen molar-refractivity contribution in [3.63, 3.8) is 0 Å². The van der Waals surface area contributed by atoms with E-state index >= 15 is 0 Å². The van der Waals surface area contributed by atoms with Crippen LogP contribution in [0.3, 0.4) is 0 Å². The van der Waals surface area contributed by atoms with Crippen molar-refractivity contribution in [2.75, 3.05) is 6.54 Å².